The van der Waals surface area contributed by atoms with Crippen molar-refractivity contribution in [1.82, 2.24) is 0 Å². The molecule has 5 nitrogen and oxygen atoms in total. The van der Waals surface area contributed by atoms with Gasteiger partial charge in [0.15, 0.2) is 16.0 Å². The van der Waals surface area contributed by atoms with Gasteiger partial charge in [-0.2, -0.15) is 14.0 Å². The molecule has 2 unspecified atom stereocenters. The van der Waals surface area contributed by atoms with Gasteiger partial charge in [0.25, 0.3) is 0 Å². The molecule has 142 valence electrons. The summed E-state index contributed by atoms with van der Waals surface area (Å²) in [6.45, 7) is 0. The molecule has 0 spiro atoms. The van der Waals surface area contributed by atoms with Crippen LogP contribution in [-0.4, -0.2) is 25.7 Å². The van der Waals surface area contributed by atoms with Gasteiger partial charge in [-0.1, -0.05) is 0 Å². The summed E-state index contributed by atoms with van der Waals surface area (Å²) in [6, 6.07) is 6.34. The molecule has 0 fully saturated rings. The Morgan fingerprint density at radius 1 is 1.22 bits per heavy atom. The Hall–Kier alpha value is -2.64. The number of aliphatic hydroxyl groups is 1. The first-order chi connectivity index (χ1) is 12.5. The number of ether oxygens (including phenoxy) is 1. The van der Waals surface area contributed by atoms with Gasteiger partial charge in [-0.25, -0.2) is 17.2 Å². The van der Waals surface area contributed by atoms with Crippen LogP contribution in [0, 0.1) is 17.1 Å². The Morgan fingerprint density at radius 2 is 1.89 bits per heavy atom. The lowest BCUT2D eigenvalue weighted by Crippen LogP contribution is -2.24. The van der Waals surface area contributed by atoms with Gasteiger partial charge in [0.2, 0.25) is 0 Å². The van der Waals surface area contributed by atoms with E-state index in [0.29, 0.717) is 0 Å². The molecule has 0 heterocycles. The third kappa shape index (κ3) is 3.13. The van der Waals surface area contributed by atoms with Crippen LogP contribution in [0.5, 0.6) is 11.5 Å². The molecule has 10 heteroatoms. The molecule has 0 aliphatic heterocycles. The van der Waals surface area contributed by atoms with Crippen LogP contribution in [0.15, 0.2) is 35.2 Å². The molecular formula is C17H11F4NO4S. The molecule has 0 bridgehead atoms. The highest BCUT2D eigenvalue weighted by molar-refractivity contribution is 7.90. The SMILES string of the molecule is CS(=O)(=O)c1ccc(Oc2cc(F)cc(C#N)c2)c2c1C(O)C(F)(F)C2F. The van der Waals surface area contributed by atoms with Gasteiger partial charge >= 0.3 is 5.92 Å². The number of aliphatic hydroxyl groups excluding tert-OH is 1. The third-order valence-corrected chi connectivity index (χ3v) is 5.22. The minimum atomic E-state index is -4.28. The first kappa shape index (κ1) is 19.1. The summed E-state index contributed by atoms with van der Waals surface area (Å²) < 4.78 is 84.9. The Bertz CT molecular complexity index is 1080. The zero-order chi connectivity index (χ0) is 20.1. The molecule has 0 radical (unpaired) electrons. The molecule has 0 amide bonds. The largest absolute Gasteiger partial charge is 0.457 e. The molecule has 2 aromatic rings. The second kappa shape index (κ2) is 6.21. The van der Waals surface area contributed by atoms with Crippen molar-refractivity contribution in [2.45, 2.75) is 23.1 Å². The molecule has 2 aromatic carbocycles. The smallest absolute Gasteiger partial charge is 0.312 e. The Kier molecular flexibility index (Phi) is 4.40. The molecule has 1 aliphatic rings. The molecular weight excluding hydrogens is 390 g/mol. The standard InChI is InChI=1S/C17H11F4NO4S/c1-27(24,25)12-3-2-11(13-14(12)16(23)17(20,21)15(13)19)26-10-5-8(7-22)4-9(18)6-10/h2-6,15-16,23H,1H3. The summed E-state index contributed by atoms with van der Waals surface area (Å²) in [5, 5.41) is 18.7. The van der Waals surface area contributed by atoms with Crippen LogP contribution in [-0.2, 0) is 9.84 Å². The summed E-state index contributed by atoms with van der Waals surface area (Å²) >= 11 is 0. The number of nitriles is 1. The average Bonchev–Trinajstić information content (AvgIpc) is 2.75. The van der Waals surface area contributed by atoms with Gasteiger partial charge in [0.05, 0.1) is 16.5 Å². The van der Waals surface area contributed by atoms with Crippen molar-refractivity contribution in [3.8, 4) is 17.6 Å². The van der Waals surface area contributed by atoms with Crippen LogP contribution < -0.4 is 4.74 Å². The molecule has 0 aromatic heterocycles. The molecule has 0 saturated heterocycles. The van der Waals surface area contributed by atoms with E-state index in [-0.39, 0.29) is 11.3 Å². The van der Waals surface area contributed by atoms with E-state index in [0.717, 1.165) is 36.6 Å². The van der Waals surface area contributed by atoms with E-state index in [4.69, 9.17) is 10.00 Å². The zero-order valence-electron chi connectivity index (χ0n) is 13.6. The predicted octanol–water partition coefficient (Wildman–Crippen LogP) is 3.59. The van der Waals surface area contributed by atoms with Crippen molar-refractivity contribution >= 4 is 9.84 Å². The number of hydrogen-bond acceptors (Lipinski definition) is 5. The number of halogens is 4. The number of fused-ring (bicyclic) bond motifs is 1. The topological polar surface area (TPSA) is 87.4 Å². The number of benzene rings is 2. The highest BCUT2D eigenvalue weighted by atomic mass is 32.2. The molecule has 3 rings (SSSR count). The minimum absolute atomic E-state index is 0.128. The van der Waals surface area contributed by atoms with Crippen molar-refractivity contribution < 1.29 is 35.8 Å². The second-order valence-electron chi connectivity index (χ2n) is 5.99. The maximum Gasteiger partial charge on any atom is 0.312 e. The van der Waals surface area contributed by atoms with Gasteiger partial charge in [-0.3, -0.25) is 0 Å². The van der Waals surface area contributed by atoms with E-state index in [9.17, 15) is 31.1 Å². The lowest BCUT2D eigenvalue weighted by molar-refractivity contribution is -0.143. The fourth-order valence-corrected chi connectivity index (χ4v) is 3.83. The van der Waals surface area contributed by atoms with Crippen molar-refractivity contribution in [3.05, 3.63) is 52.8 Å². The lowest BCUT2D eigenvalue weighted by atomic mass is 10.1. The first-order valence-corrected chi connectivity index (χ1v) is 9.31. The molecule has 0 saturated carbocycles. The Balaban J connectivity index is 2.21. The van der Waals surface area contributed by atoms with Crippen LogP contribution in [0.25, 0.3) is 0 Å². The minimum Gasteiger partial charge on any atom is -0.457 e. The molecule has 1 aliphatic carbocycles. The van der Waals surface area contributed by atoms with Gasteiger partial charge in [0, 0.05) is 23.4 Å². The van der Waals surface area contributed by atoms with Crippen molar-refractivity contribution in [2.75, 3.05) is 6.26 Å². The number of hydrogen-bond donors (Lipinski definition) is 1. The van der Waals surface area contributed by atoms with E-state index in [1.54, 1.807) is 6.07 Å². The monoisotopic (exact) mass is 401 g/mol. The van der Waals surface area contributed by atoms with E-state index < -0.39 is 55.6 Å². The first-order valence-electron chi connectivity index (χ1n) is 7.42. The quantitative estimate of drug-likeness (QED) is 0.795. The van der Waals surface area contributed by atoms with Crippen LogP contribution in [0.2, 0.25) is 0 Å². The fraction of sp³-hybridized carbons (Fsp3) is 0.235. The number of sulfone groups is 1. The highest BCUT2D eigenvalue weighted by Crippen LogP contribution is 2.57. The molecule has 27 heavy (non-hydrogen) atoms. The van der Waals surface area contributed by atoms with Crippen LogP contribution in [0.3, 0.4) is 0 Å². The molecule has 2 atom stereocenters. The van der Waals surface area contributed by atoms with E-state index >= 15 is 0 Å². The number of rotatable bonds is 3. The van der Waals surface area contributed by atoms with Crippen molar-refractivity contribution in [3.63, 3.8) is 0 Å². The number of alkyl halides is 3. The zero-order valence-corrected chi connectivity index (χ0v) is 14.4. The summed E-state index contributed by atoms with van der Waals surface area (Å²) in [5.41, 5.74) is -1.76. The van der Waals surface area contributed by atoms with Gasteiger partial charge in [0.1, 0.15) is 23.4 Å². The summed E-state index contributed by atoms with van der Waals surface area (Å²) in [5.74, 6) is -5.93. The summed E-state index contributed by atoms with van der Waals surface area (Å²) in [4.78, 5) is -0.658. The van der Waals surface area contributed by atoms with E-state index in [1.165, 1.54) is 0 Å². The number of nitrogens with zero attached hydrogens (tertiary/aromatic N) is 1. The second-order valence-corrected chi connectivity index (χ2v) is 7.97. The Morgan fingerprint density at radius 3 is 2.48 bits per heavy atom. The van der Waals surface area contributed by atoms with Gasteiger partial charge in [-0.15, -0.1) is 0 Å². The van der Waals surface area contributed by atoms with Gasteiger partial charge < -0.3 is 9.84 Å². The fourth-order valence-electron chi connectivity index (χ4n) is 2.89. The van der Waals surface area contributed by atoms with Crippen molar-refractivity contribution in [2.24, 2.45) is 0 Å². The van der Waals surface area contributed by atoms with E-state index in [2.05, 4.69) is 0 Å². The average molecular weight is 401 g/mol. The van der Waals surface area contributed by atoms with Crippen LogP contribution >= 0.6 is 0 Å². The predicted molar refractivity (Wildman–Crippen MR) is 84.5 cm³/mol. The lowest BCUT2D eigenvalue weighted by Gasteiger charge is -2.16. The molecule has 1 N–H and O–H groups in total. The Labute approximate surface area is 151 Å². The van der Waals surface area contributed by atoms with Crippen molar-refractivity contribution in [1.29, 1.82) is 5.26 Å². The highest BCUT2D eigenvalue weighted by Gasteiger charge is 2.58. The summed E-state index contributed by atoms with van der Waals surface area (Å²) in [6.07, 6.45) is -5.01. The van der Waals surface area contributed by atoms with Crippen LogP contribution in [0.4, 0.5) is 17.6 Å². The third-order valence-electron chi connectivity index (χ3n) is 4.06. The van der Waals surface area contributed by atoms with Crippen LogP contribution in [0.1, 0.15) is 29.0 Å². The maximum atomic E-state index is 14.4. The summed E-state index contributed by atoms with van der Waals surface area (Å²) in [7, 11) is -4.06. The van der Waals surface area contributed by atoms with Gasteiger partial charge in [-0.05, 0) is 24.3 Å². The normalized spacial score (nSPS) is 20.8. The maximum absolute atomic E-state index is 14.4. The van der Waals surface area contributed by atoms with E-state index in [1.807, 2.05) is 0 Å².